The van der Waals surface area contributed by atoms with Crippen molar-refractivity contribution in [1.82, 2.24) is 0 Å². The molecule has 0 atom stereocenters. The van der Waals surface area contributed by atoms with Crippen molar-refractivity contribution in [2.45, 2.75) is 26.1 Å². The first-order valence-electron chi connectivity index (χ1n) is 5.80. The molecule has 0 bridgehead atoms. The summed E-state index contributed by atoms with van der Waals surface area (Å²) < 4.78 is 18.7. The normalized spacial score (nSPS) is 19.4. The minimum atomic E-state index is -0.315. The number of hydrogen-bond acceptors (Lipinski definition) is 3. The number of rotatable bonds is 2. The molecule has 0 radical (unpaired) electrons. The molecule has 0 unspecified atom stereocenters. The molecule has 0 aliphatic carbocycles. The molecule has 1 aromatic carbocycles. The van der Waals surface area contributed by atoms with Crippen LogP contribution in [0.3, 0.4) is 0 Å². The molecule has 1 aliphatic rings. The molecule has 1 saturated heterocycles. The lowest BCUT2D eigenvalue weighted by Gasteiger charge is -2.40. The van der Waals surface area contributed by atoms with Crippen molar-refractivity contribution in [2.24, 2.45) is 0 Å². The van der Waals surface area contributed by atoms with E-state index in [1.54, 1.807) is 6.07 Å². The van der Waals surface area contributed by atoms with Crippen molar-refractivity contribution in [3.05, 3.63) is 29.6 Å². The van der Waals surface area contributed by atoms with Crippen LogP contribution in [-0.2, 0) is 11.3 Å². The van der Waals surface area contributed by atoms with Crippen LogP contribution in [0.4, 0.5) is 10.1 Å². The summed E-state index contributed by atoms with van der Waals surface area (Å²) in [7, 11) is 0. The van der Waals surface area contributed by atoms with E-state index in [0.717, 1.165) is 18.8 Å². The Hall–Kier alpha value is -1.13. The Morgan fingerprint density at radius 2 is 2.24 bits per heavy atom. The molecule has 0 amide bonds. The van der Waals surface area contributed by atoms with Gasteiger partial charge in [0.05, 0.1) is 18.8 Å². The second-order valence-corrected chi connectivity index (χ2v) is 4.96. The standard InChI is InChI=1S/C13H18FNO2/c1-13(2)9-15(5-6-17-13)12-4-3-11(14)7-10(12)8-16/h3-4,7,16H,5-6,8-9H2,1-2H3. The van der Waals surface area contributed by atoms with Gasteiger partial charge in [-0.2, -0.15) is 0 Å². The van der Waals surface area contributed by atoms with Crippen molar-refractivity contribution in [3.8, 4) is 0 Å². The lowest BCUT2D eigenvalue weighted by Crippen LogP contribution is -2.48. The van der Waals surface area contributed by atoms with E-state index in [1.807, 2.05) is 13.8 Å². The lowest BCUT2D eigenvalue weighted by molar-refractivity contribution is -0.0277. The Morgan fingerprint density at radius 1 is 1.47 bits per heavy atom. The average Bonchev–Trinajstić information content (AvgIpc) is 2.27. The summed E-state index contributed by atoms with van der Waals surface area (Å²) in [6.45, 7) is 6.07. The molecule has 1 N–H and O–H groups in total. The summed E-state index contributed by atoms with van der Waals surface area (Å²) in [5, 5.41) is 9.28. The van der Waals surface area contributed by atoms with E-state index in [0.29, 0.717) is 12.2 Å². The summed E-state index contributed by atoms with van der Waals surface area (Å²) in [6.07, 6.45) is 0. The van der Waals surface area contributed by atoms with E-state index >= 15 is 0 Å². The number of hydrogen-bond donors (Lipinski definition) is 1. The summed E-state index contributed by atoms with van der Waals surface area (Å²) >= 11 is 0. The summed E-state index contributed by atoms with van der Waals surface area (Å²) in [5.41, 5.74) is 1.31. The molecule has 17 heavy (non-hydrogen) atoms. The van der Waals surface area contributed by atoms with Crippen LogP contribution in [0.25, 0.3) is 0 Å². The average molecular weight is 239 g/mol. The highest BCUT2D eigenvalue weighted by Crippen LogP contribution is 2.26. The molecule has 0 spiro atoms. The molecule has 1 heterocycles. The predicted octanol–water partition coefficient (Wildman–Crippen LogP) is 1.93. The highest BCUT2D eigenvalue weighted by Gasteiger charge is 2.28. The van der Waals surface area contributed by atoms with Gasteiger partial charge in [0.25, 0.3) is 0 Å². The molecule has 4 heteroatoms. The lowest BCUT2D eigenvalue weighted by atomic mass is 10.1. The van der Waals surface area contributed by atoms with Crippen LogP contribution in [0.1, 0.15) is 19.4 Å². The second-order valence-electron chi connectivity index (χ2n) is 4.96. The first kappa shape index (κ1) is 12.3. The third kappa shape index (κ3) is 2.76. The number of morpholine rings is 1. The number of benzene rings is 1. The maximum Gasteiger partial charge on any atom is 0.123 e. The van der Waals surface area contributed by atoms with Gasteiger partial charge in [-0.25, -0.2) is 4.39 Å². The van der Waals surface area contributed by atoms with Gasteiger partial charge in [0, 0.05) is 24.3 Å². The minimum absolute atomic E-state index is 0.148. The van der Waals surface area contributed by atoms with E-state index in [2.05, 4.69) is 4.90 Å². The van der Waals surface area contributed by atoms with E-state index in [-0.39, 0.29) is 18.0 Å². The molecule has 0 saturated carbocycles. The first-order valence-corrected chi connectivity index (χ1v) is 5.80. The molecule has 3 nitrogen and oxygen atoms in total. The van der Waals surface area contributed by atoms with Crippen molar-refractivity contribution in [3.63, 3.8) is 0 Å². The van der Waals surface area contributed by atoms with Gasteiger partial charge in [0.2, 0.25) is 0 Å². The zero-order valence-electron chi connectivity index (χ0n) is 10.2. The maximum atomic E-state index is 13.1. The monoisotopic (exact) mass is 239 g/mol. The van der Waals surface area contributed by atoms with Crippen molar-refractivity contribution >= 4 is 5.69 Å². The van der Waals surface area contributed by atoms with E-state index in [9.17, 15) is 9.50 Å². The number of aliphatic hydroxyl groups excluding tert-OH is 1. The highest BCUT2D eigenvalue weighted by atomic mass is 19.1. The Kier molecular flexibility index (Phi) is 3.35. The third-order valence-corrected chi connectivity index (χ3v) is 2.98. The first-order chi connectivity index (χ1) is 8.02. The number of anilines is 1. The highest BCUT2D eigenvalue weighted by molar-refractivity contribution is 5.54. The zero-order chi connectivity index (χ0) is 12.5. The summed E-state index contributed by atoms with van der Waals surface area (Å²) in [5.74, 6) is -0.315. The molecular formula is C13H18FNO2. The van der Waals surface area contributed by atoms with E-state index in [4.69, 9.17) is 4.74 Å². The molecule has 0 aromatic heterocycles. The topological polar surface area (TPSA) is 32.7 Å². The quantitative estimate of drug-likeness (QED) is 0.856. The van der Waals surface area contributed by atoms with Gasteiger partial charge in [-0.05, 0) is 32.0 Å². The Morgan fingerprint density at radius 3 is 2.88 bits per heavy atom. The number of halogens is 1. The predicted molar refractivity (Wildman–Crippen MR) is 64.6 cm³/mol. The van der Waals surface area contributed by atoms with Crippen LogP contribution in [0.2, 0.25) is 0 Å². The van der Waals surface area contributed by atoms with Gasteiger partial charge >= 0.3 is 0 Å². The van der Waals surface area contributed by atoms with Crippen LogP contribution in [-0.4, -0.2) is 30.4 Å². The molecule has 1 aromatic rings. The number of nitrogens with zero attached hydrogens (tertiary/aromatic N) is 1. The Labute approximate surface area is 101 Å². The zero-order valence-corrected chi connectivity index (χ0v) is 10.2. The molecule has 1 fully saturated rings. The van der Waals surface area contributed by atoms with E-state index < -0.39 is 0 Å². The fraction of sp³-hybridized carbons (Fsp3) is 0.538. The van der Waals surface area contributed by atoms with Crippen LogP contribution < -0.4 is 4.90 Å². The molecular weight excluding hydrogens is 221 g/mol. The summed E-state index contributed by atoms with van der Waals surface area (Å²) in [6, 6.07) is 4.54. The number of ether oxygens (including phenoxy) is 1. The minimum Gasteiger partial charge on any atom is -0.392 e. The molecule has 94 valence electrons. The van der Waals surface area contributed by atoms with Gasteiger partial charge in [-0.3, -0.25) is 0 Å². The van der Waals surface area contributed by atoms with Gasteiger partial charge in [0.15, 0.2) is 0 Å². The van der Waals surface area contributed by atoms with Crippen molar-refractivity contribution in [2.75, 3.05) is 24.6 Å². The van der Waals surface area contributed by atoms with Crippen molar-refractivity contribution in [1.29, 1.82) is 0 Å². The van der Waals surface area contributed by atoms with E-state index in [1.165, 1.54) is 12.1 Å². The van der Waals surface area contributed by atoms with Crippen molar-refractivity contribution < 1.29 is 14.2 Å². The largest absolute Gasteiger partial charge is 0.392 e. The van der Waals surface area contributed by atoms with Gasteiger partial charge in [0.1, 0.15) is 5.82 Å². The maximum absolute atomic E-state index is 13.1. The third-order valence-electron chi connectivity index (χ3n) is 2.98. The van der Waals surface area contributed by atoms with Crippen LogP contribution in [0.5, 0.6) is 0 Å². The Bertz CT molecular complexity index is 406. The molecule has 1 aliphatic heterocycles. The summed E-state index contributed by atoms with van der Waals surface area (Å²) in [4.78, 5) is 2.13. The molecule has 2 rings (SSSR count). The van der Waals surface area contributed by atoms with Crippen LogP contribution >= 0.6 is 0 Å². The second kappa shape index (κ2) is 4.63. The van der Waals surface area contributed by atoms with Crippen LogP contribution in [0.15, 0.2) is 18.2 Å². The fourth-order valence-electron chi connectivity index (χ4n) is 2.21. The SMILES string of the molecule is CC1(C)CN(c2ccc(F)cc2CO)CCO1. The van der Waals surface area contributed by atoms with Gasteiger partial charge < -0.3 is 14.7 Å². The Balaban J connectivity index is 2.27. The van der Waals surface area contributed by atoms with Crippen LogP contribution in [0, 0.1) is 5.82 Å². The number of aliphatic hydroxyl groups is 1. The fourth-order valence-corrected chi connectivity index (χ4v) is 2.21. The van der Waals surface area contributed by atoms with Gasteiger partial charge in [-0.15, -0.1) is 0 Å². The smallest absolute Gasteiger partial charge is 0.123 e. The van der Waals surface area contributed by atoms with Gasteiger partial charge in [-0.1, -0.05) is 0 Å².